The van der Waals surface area contributed by atoms with Gasteiger partial charge in [-0.05, 0) is 41.8 Å². The van der Waals surface area contributed by atoms with Gasteiger partial charge in [0.05, 0.1) is 13.2 Å². The van der Waals surface area contributed by atoms with Crippen LogP contribution in [0.1, 0.15) is 17.2 Å². The van der Waals surface area contributed by atoms with Gasteiger partial charge in [0.15, 0.2) is 0 Å². The molecule has 0 bridgehead atoms. The van der Waals surface area contributed by atoms with Crippen molar-refractivity contribution in [1.29, 1.82) is 5.26 Å². The lowest BCUT2D eigenvalue weighted by atomic mass is 10.1. The predicted octanol–water partition coefficient (Wildman–Crippen LogP) is 3.23. The molecular formula is C17H17FN2O. The summed E-state index contributed by atoms with van der Waals surface area (Å²) in [5.74, 6) is 0.529. The maximum atomic E-state index is 12.8. The van der Waals surface area contributed by atoms with Gasteiger partial charge in [0, 0.05) is 6.54 Å². The third-order valence-corrected chi connectivity index (χ3v) is 3.25. The van der Waals surface area contributed by atoms with Crippen LogP contribution in [-0.2, 0) is 6.42 Å². The number of methoxy groups -OCH3 is 1. The molecule has 1 atom stereocenters. The summed E-state index contributed by atoms with van der Waals surface area (Å²) in [6.07, 6.45) is 0.745. The zero-order valence-electron chi connectivity index (χ0n) is 11.8. The molecule has 0 amide bonds. The molecule has 3 nitrogen and oxygen atoms in total. The fourth-order valence-corrected chi connectivity index (χ4v) is 2.05. The second-order valence-electron chi connectivity index (χ2n) is 4.67. The van der Waals surface area contributed by atoms with Gasteiger partial charge in [0.1, 0.15) is 17.6 Å². The molecule has 0 fully saturated rings. The standard InChI is InChI=1S/C17H17FN2O/c1-21-16-8-4-14(5-9-16)17(12-19)20-11-10-13-2-6-15(18)7-3-13/h2-9,17,20H,10-11H2,1H3. The first-order valence-corrected chi connectivity index (χ1v) is 6.74. The van der Waals surface area contributed by atoms with Crippen molar-refractivity contribution in [2.75, 3.05) is 13.7 Å². The van der Waals surface area contributed by atoms with E-state index in [1.807, 2.05) is 24.3 Å². The molecule has 0 aliphatic rings. The summed E-state index contributed by atoms with van der Waals surface area (Å²) in [6.45, 7) is 0.649. The minimum absolute atomic E-state index is 0.236. The second kappa shape index (κ2) is 7.41. The molecule has 2 aromatic carbocycles. The van der Waals surface area contributed by atoms with Crippen LogP contribution >= 0.6 is 0 Å². The van der Waals surface area contributed by atoms with E-state index >= 15 is 0 Å². The lowest BCUT2D eigenvalue weighted by Crippen LogP contribution is -2.22. The molecule has 0 spiro atoms. The van der Waals surface area contributed by atoms with E-state index in [0.29, 0.717) is 6.54 Å². The van der Waals surface area contributed by atoms with Gasteiger partial charge in [0.25, 0.3) is 0 Å². The molecule has 2 aromatic rings. The zero-order chi connectivity index (χ0) is 15.1. The van der Waals surface area contributed by atoms with Crippen LogP contribution in [0.15, 0.2) is 48.5 Å². The van der Waals surface area contributed by atoms with Crippen molar-refractivity contribution < 1.29 is 9.13 Å². The van der Waals surface area contributed by atoms with Crippen molar-refractivity contribution in [3.8, 4) is 11.8 Å². The fraction of sp³-hybridized carbons (Fsp3) is 0.235. The van der Waals surface area contributed by atoms with E-state index in [-0.39, 0.29) is 11.9 Å². The summed E-state index contributed by atoms with van der Waals surface area (Å²) in [4.78, 5) is 0. The molecule has 0 heterocycles. The number of nitrogens with zero attached hydrogens (tertiary/aromatic N) is 1. The van der Waals surface area contributed by atoms with Crippen molar-refractivity contribution in [3.05, 3.63) is 65.5 Å². The summed E-state index contributed by atoms with van der Waals surface area (Å²) < 4.78 is 17.9. The highest BCUT2D eigenvalue weighted by Crippen LogP contribution is 2.17. The molecule has 0 aliphatic carbocycles. The van der Waals surface area contributed by atoms with Crippen LogP contribution in [0, 0.1) is 17.1 Å². The Bertz CT molecular complexity index is 602. The molecule has 0 saturated carbocycles. The molecule has 0 radical (unpaired) electrons. The van der Waals surface area contributed by atoms with Crippen molar-refractivity contribution in [1.82, 2.24) is 5.32 Å². The minimum atomic E-state index is -0.364. The van der Waals surface area contributed by atoms with Crippen molar-refractivity contribution in [3.63, 3.8) is 0 Å². The van der Waals surface area contributed by atoms with E-state index in [1.165, 1.54) is 12.1 Å². The number of nitriles is 1. The largest absolute Gasteiger partial charge is 0.497 e. The van der Waals surface area contributed by atoms with Crippen molar-refractivity contribution >= 4 is 0 Å². The second-order valence-corrected chi connectivity index (χ2v) is 4.67. The number of hydrogen-bond acceptors (Lipinski definition) is 3. The van der Waals surface area contributed by atoms with Crippen LogP contribution in [0.25, 0.3) is 0 Å². The van der Waals surface area contributed by atoms with Gasteiger partial charge >= 0.3 is 0 Å². The highest BCUT2D eigenvalue weighted by Gasteiger charge is 2.09. The molecule has 1 N–H and O–H groups in total. The Balaban J connectivity index is 1.90. The summed E-state index contributed by atoms with van der Waals surface area (Å²) >= 11 is 0. The Morgan fingerprint density at radius 1 is 1.14 bits per heavy atom. The molecule has 0 aliphatic heterocycles. The molecule has 21 heavy (non-hydrogen) atoms. The average molecular weight is 284 g/mol. The lowest BCUT2D eigenvalue weighted by Gasteiger charge is -2.12. The number of benzene rings is 2. The van der Waals surface area contributed by atoms with Gasteiger partial charge in [-0.15, -0.1) is 0 Å². The highest BCUT2D eigenvalue weighted by atomic mass is 19.1. The number of ether oxygens (including phenoxy) is 1. The van der Waals surface area contributed by atoms with Gasteiger partial charge in [-0.25, -0.2) is 4.39 Å². The maximum absolute atomic E-state index is 12.8. The Morgan fingerprint density at radius 3 is 2.38 bits per heavy atom. The first-order valence-electron chi connectivity index (χ1n) is 6.74. The van der Waals surface area contributed by atoms with Crippen LogP contribution in [0.2, 0.25) is 0 Å². The minimum Gasteiger partial charge on any atom is -0.497 e. The summed E-state index contributed by atoms with van der Waals surface area (Å²) in [5, 5.41) is 12.4. The fourth-order valence-electron chi connectivity index (χ4n) is 2.05. The molecule has 108 valence electrons. The maximum Gasteiger partial charge on any atom is 0.123 e. The SMILES string of the molecule is COc1ccc(C(C#N)NCCc2ccc(F)cc2)cc1. The van der Waals surface area contributed by atoms with Crippen molar-refractivity contribution in [2.24, 2.45) is 0 Å². The van der Waals surface area contributed by atoms with E-state index < -0.39 is 0 Å². The summed E-state index contributed by atoms with van der Waals surface area (Å²) in [6, 6.07) is 15.7. The quantitative estimate of drug-likeness (QED) is 0.885. The number of rotatable bonds is 6. The average Bonchev–Trinajstić information content (AvgIpc) is 2.53. The lowest BCUT2D eigenvalue weighted by molar-refractivity contribution is 0.414. The van der Waals surface area contributed by atoms with E-state index in [4.69, 9.17) is 4.74 Å². The smallest absolute Gasteiger partial charge is 0.123 e. The first kappa shape index (κ1) is 15.0. The van der Waals surface area contributed by atoms with E-state index in [0.717, 1.165) is 23.3 Å². The normalized spacial score (nSPS) is 11.7. The molecule has 4 heteroatoms. The third kappa shape index (κ3) is 4.30. The number of nitrogens with one attached hydrogen (secondary N) is 1. The van der Waals surface area contributed by atoms with E-state index in [9.17, 15) is 9.65 Å². The highest BCUT2D eigenvalue weighted by molar-refractivity contribution is 5.31. The van der Waals surface area contributed by atoms with Crippen LogP contribution < -0.4 is 10.1 Å². The molecule has 2 rings (SSSR count). The van der Waals surface area contributed by atoms with Crippen LogP contribution in [0.5, 0.6) is 5.75 Å². The van der Waals surface area contributed by atoms with E-state index in [1.54, 1.807) is 19.2 Å². The topological polar surface area (TPSA) is 45.0 Å². The Kier molecular flexibility index (Phi) is 5.30. The van der Waals surface area contributed by atoms with Gasteiger partial charge in [-0.1, -0.05) is 24.3 Å². The van der Waals surface area contributed by atoms with Gasteiger partial charge in [0.2, 0.25) is 0 Å². The van der Waals surface area contributed by atoms with Crippen LogP contribution in [0.4, 0.5) is 4.39 Å². The van der Waals surface area contributed by atoms with Crippen molar-refractivity contribution in [2.45, 2.75) is 12.5 Å². The molecule has 0 saturated heterocycles. The van der Waals surface area contributed by atoms with Gasteiger partial charge < -0.3 is 4.74 Å². The van der Waals surface area contributed by atoms with Crippen LogP contribution in [-0.4, -0.2) is 13.7 Å². The Morgan fingerprint density at radius 2 is 1.81 bits per heavy atom. The number of hydrogen-bond donors (Lipinski definition) is 1. The monoisotopic (exact) mass is 284 g/mol. The van der Waals surface area contributed by atoms with E-state index in [2.05, 4.69) is 11.4 Å². The molecule has 1 unspecified atom stereocenters. The summed E-state index contributed by atoms with van der Waals surface area (Å²) in [7, 11) is 1.61. The van der Waals surface area contributed by atoms with Gasteiger partial charge in [-0.2, -0.15) is 5.26 Å². The predicted molar refractivity (Wildman–Crippen MR) is 79.5 cm³/mol. The summed E-state index contributed by atoms with van der Waals surface area (Å²) in [5.41, 5.74) is 1.94. The number of halogens is 1. The van der Waals surface area contributed by atoms with Gasteiger partial charge in [-0.3, -0.25) is 5.32 Å². The Hall–Kier alpha value is -2.38. The molecular weight excluding hydrogens is 267 g/mol. The zero-order valence-corrected chi connectivity index (χ0v) is 11.8. The first-order chi connectivity index (χ1) is 10.2. The van der Waals surface area contributed by atoms with Crippen LogP contribution in [0.3, 0.4) is 0 Å². The molecule has 0 aromatic heterocycles. The third-order valence-electron chi connectivity index (χ3n) is 3.25. The Labute approximate surface area is 124 Å².